The highest BCUT2D eigenvalue weighted by Gasteiger charge is 2.14. The molecule has 0 saturated carbocycles. The van der Waals surface area contributed by atoms with Crippen molar-refractivity contribution in [2.75, 3.05) is 0 Å². The maximum absolute atomic E-state index is 8.94. The van der Waals surface area contributed by atoms with Crippen LogP contribution in [0.1, 0.15) is 50.1 Å². The van der Waals surface area contributed by atoms with Gasteiger partial charge in [0.25, 0.3) is 0 Å². The van der Waals surface area contributed by atoms with Gasteiger partial charge in [-0.25, -0.2) is 0 Å². The molecule has 2 heteroatoms. The van der Waals surface area contributed by atoms with Gasteiger partial charge in [-0.05, 0) is 32.3 Å². The average Bonchev–Trinajstić information content (AvgIpc) is 2.53. The first kappa shape index (κ1) is 10.8. The molecule has 0 N–H and O–H groups in total. The zero-order valence-electron chi connectivity index (χ0n) is 9.46. The summed E-state index contributed by atoms with van der Waals surface area (Å²) in [5.41, 5.74) is 3.22. The normalized spacial score (nSPS) is 12.5. The van der Waals surface area contributed by atoms with Gasteiger partial charge in [-0.3, -0.25) is 0 Å². The molecule has 1 atom stereocenters. The summed E-state index contributed by atoms with van der Waals surface area (Å²) in [5, 5.41) is 8.94. The van der Waals surface area contributed by atoms with E-state index in [4.69, 9.17) is 5.26 Å². The van der Waals surface area contributed by atoms with E-state index in [1.165, 1.54) is 5.69 Å². The zero-order valence-corrected chi connectivity index (χ0v) is 9.46. The Kier molecular flexibility index (Phi) is 3.35. The molecule has 1 unspecified atom stereocenters. The van der Waals surface area contributed by atoms with Crippen molar-refractivity contribution in [3.8, 4) is 6.07 Å². The van der Waals surface area contributed by atoms with E-state index in [0.29, 0.717) is 5.92 Å². The van der Waals surface area contributed by atoms with E-state index in [-0.39, 0.29) is 0 Å². The number of hydrogen-bond donors (Lipinski definition) is 0. The summed E-state index contributed by atoms with van der Waals surface area (Å²) in [5.74, 6) is 0.538. The summed E-state index contributed by atoms with van der Waals surface area (Å²) in [7, 11) is 0. The van der Waals surface area contributed by atoms with Crippen LogP contribution in [0.3, 0.4) is 0 Å². The summed E-state index contributed by atoms with van der Waals surface area (Å²) >= 11 is 0. The van der Waals surface area contributed by atoms with Crippen LogP contribution < -0.4 is 0 Å². The van der Waals surface area contributed by atoms with Crippen LogP contribution in [-0.2, 0) is 6.54 Å². The second kappa shape index (κ2) is 4.32. The fourth-order valence-electron chi connectivity index (χ4n) is 1.82. The van der Waals surface area contributed by atoms with Gasteiger partial charge in [0, 0.05) is 17.9 Å². The number of nitrogens with zero attached hydrogens (tertiary/aromatic N) is 2. The molecule has 0 fully saturated rings. The van der Waals surface area contributed by atoms with Crippen LogP contribution in [0.5, 0.6) is 0 Å². The first-order chi connectivity index (χ1) is 6.65. The second-order valence-corrected chi connectivity index (χ2v) is 3.73. The van der Waals surface area contributed by atoms with Gasteiger partial charge in [0.05, 0.1) is 5.56 Å². The average molecular weight is 190 g/mol. The molecule has 1 aromatic heterocycles. The molecule has 0 spiro atoms. The number of aromatic nitrogens is 1. The first-order valence-electron chi connectivity index (χ1n) is 5.25. The predicted octanol–water partition coefficient (Wildman–Crippen LogP) is 3.20. The molecule has 1 rings (SSSR count). The molecule has 14 heavy (non-hydrogen) atoms. The highest BCUT2D eigenvalue weighted by atomic mass is 15.0. The van der Waals surface area contributed by atoms with E-state index >= 15 is 0 Å². The quantitative estimate of drug-likeness (QED) is 0.719. The zero-order chi connectivity index (χ0) is 10.7. The summed E-state index contributed by atoms with van der Waals surface area (Å²) in [4.78, 5) is 0. The van der Waals surface area contributed by atoms with Gasteiger partial charge in [0.2, 0.25) is 0 Å². The Hall–Kier alpha value is -1.23. The minimum Gasteiger partial charge on any atom is -0.348 e. The summed E-state index contributed by atoms with van der Waals surface area (Å²) in [6.07, 6.45) is 1.12. The number of nitriles is 1. The highest BCUT2D eigenvalue weighted by molar-refractivity contribution is 5.38. The second-order valence-electron chi connectivity index (χ2n) is 3.73. The summed E-state index contributed by atoms with van der Waals surface area (Å²) in [6.45, 7) is 9.49. The van der Waals surface area contributed by atoms with Gasteiger partial charge in [0.15, 0.2) is 0 Å². The van der Waals surface area contributed by atoms with Crippen LogP contribution in [0.4, 0.5) is 0 Å². The molecule has 76 valence electrons. The minimum absolute atomic E-state index is 0.538. The van der Waals surface area contributed by atoms with E-state index in [2.05, 4.69) is 31.4 Å². The first-order valence-corrected chi connectivity index (χ1v) is 5.25. The van der Waals surface area contributed by atoms with Crippen molar-refractivity contribution in [2.24, 2.45) is 0 Å². The third-order valence-corrected chi connectivity index (χ3v) is 2.95. The van der Waals surface area contributed by atoms with Gasteiger partial charge in [-0.2, -0.15) is 5.26 Å². The van der Waals surface area contributed by atoms with Crippen molar-refractivity contribution in [3.63, 3.8) is 0 Å². The Morgan fingerprint density at radius 2 is 2.14 bits per heavy atom. The van der Waals surface area contributed by atoms with E-state index in [1.807, 2.05) is 13.0 Å². The lowest BCUT2D eigenvalue weighted by Crippen LogP contribution is -2.05. The standard InChI is InChI=1S/C12H18N2/c1-5-9(3)12-7-11(8-13)10(4)14(12)6-2/h7,9H,5-6H2,1-4H3. The van der Waals surface area contributed by atoms with Crippen molar-refractivity contribution in [1.29, 1.82) is 5.26 Å². The van der Waals surface area contributed by atoms with Crippen LogP contribution >= 0.6 is 0 Å². The molecule has 0 aliphatic heterocycles. The third kappa shape index (κ3) is 1.68. The molecule has 2 nitrogen and oxygen atoms in total. The highest BCUT2D eigenvalue weighted by Crippen LogP contribution is 2.24. The Bertz CT molecular complexity index is 355. The fraction of sp³-hybridized carbons (Fsp3) is 0.583. The molecule has 0 aromatic carbocycles. The lowest BCUT2D eigenvalue weighted by atomic mass is 10.0. The number of hydrogen-bond acceptors (Lipinski definition) is 1. The lowest BCUT2D eigenvalue weighted by Gasteiger charge is -2.13. The number of rotatable bonds is 3. The molecule has 1 heterocycles. The topological polar surface area (TPSA) is 28.7 Å². The summed E-state index contributed by atoms with van der Waals surface area (Å²) in [6, 6.07) is 4.28. The van der Waals surface area contributed by atoms with Crippen molar-refractivity contribution >= 4 is 0 Å². The Balaban J connectivity index is 3.23. The monoisotopic (exact) mass is 190 g/mol. The Morgan fingerprint density at radius 3 is 2.57 bits per heavy atom. The van der Waals surface area contributed by atoms with Gasteiger partial charge >= 0.3 is 0 Å². The SMILES string of the molecule is CCC(C)c1cc(C#N)c(C)n1CC. The molecule has 0 bridgehead atoms. The van der Waals surface area contributed by atoms with Crippen LogP contribution in [0.25, 0.3) is 0 Å². The minimum atomic E-state index is 0.538. The van der Waals surface area contributed by atoms with Gasteiger partial charge in [0.1, 0.15) is 6.07 Å². The van der Waals surface area contributed by atoms with Gasteiger partial charge in [-0.15, -0.1) is 0 Å². The molecule has 0 aliphatic carbocycles. The molecular formula is C12H18N2. The maximum atomic E-state index is 8.94. The Morgan fingerprint density at radius 1 is 1.50 bits per heavy atom. The van der Waals surface area contributed by atoms with Crippen LogP contribution in [0.2, 0.25) is 0 Å². The van der Waals surface area contributed by atoms with E-state index in [9.17, 15) is 0 Å². The van der Waals surface area contributed by atoms with Crippen molar-refractivity contribution in [1.82, 2.24) is 4.57 Å². The largest absolute Gasteiger partial charge is 0.348 e. The van der Waals surface area contributed by atoms with E-state index in [0.717, 1.165) is 24.2 Å². The van der Waals surface area contributed by atoms with Crippen molar-refractivity contribution in [3.05, 3.63) is 23.0 Å². The maximum Gasteiger partial charge on any atom is 0.101 e. The fourth-order valence-corrected chi connectivity index (χ4v) is 1.82. The molecule has 0 amide bonds. The lowest BCUT2D eigenvalue weighted by molar-refractivity contribution is 0.618. The molecular weight excluding hydrogens is 172 g/mol. The van der Waals surface area contributed by atoms with Gasteiger partial charge in [-0.1, -0.05) is 13.8 Å². The van der Waals surface area contributed by atoms with Crippen LogP contribution in [-0.4, -0.2) is 4.57 Å². The van der Waals surface area contributed by atoms with Crippen LogP contribution in [0, 0.1) is 18.3 Å². The molecule has 0 radical (unpaired) electrons. The molecule has 0 saturated heterocycles. The third-order valence-electron chi connectivity index (χ3n) is 2.95. The summed E-state index contributed by atoms with van der Waals surface area (Å²) < 4.78 is 2.24. The van der Waals surface area contributed by atoms with Crippen LogP contribution in [0.15, 0.2) is 6.07 Å². The van der Waals surface area contributed by atoms with Crippen molar-refractivity contribution in [2.45, 2.75) is 46.6 Å². The van der Waals surface area contributed by atoms with Crippen molar-refractivity contribution < 1.29 is 0 Å². The molecule has 0 aliphatic rings. The smallest absolute Gasteiger partial charge is 0.101 e. The predicted molar refractivity (Wildman–Crippen MR) is 58.3 cm³/mol. The van der Waals surface area contributed by atoms with E-state index < -0.39 is 0 Å². The molecule has 1 aromatic rings. The Labute approximate surface area is 86.2 Å². The van der Waals surface area contributed by atoms with Gasteiger partial charge < -0.3 is 4.57 Å². The van der Waals surface area contributed by atoms with E-state index in [1.54, 1.807) is 0 Å².